The predicted molar refractivity (Wildman–Crippen MR) is 101 cm³/mol. The molecular formula is C19H22N4O5S. The Labute approximate surface area is 168 Å². The Morgan fingerprint density at radius 3 is 2.86 bits per heavy atom. The maximum atomic E-state index is 12.8. The normalized spacial score (nSPS) is 24.4. The van der Waals surface area contributed by atoms with E-state index in [1.807, 2.05) is 6.92 Å². The minimum Gasteiger partial charge on any atom is -0.463 e. The lowest BCUT2D eigenvalue weighted by molar-refractivity contribution is 0.0394. The first-order valence-corrected chi connectivity index (χ1v) is 11.4. The van der Waals surface area contributed by atoms with Gasteiger partial charge in [0.1, 0.15) is 10.5 Å². The SMILES string of the molecule is Cc1ccnc(OC[C@H]2CCS(=O)(=O)C23CN(C(=O)c2cc(C4CC4)on2)C3)n1. The monoisotopic (exact) mass is 418 g/mol. The van der Waals surface area contributed by atoms with Gasteiger partial charge in [0, 0.05) is 42.9 Å². The number of hydrogen-bond acceptors (Lipinski definition) is 8. The van der Waals surface area contributed by atoms with E-state index in [1.165, 1.54) is 4.90 Å². The van der Waals surface area contributed by atoms with Gasteiger partial charge in [-0.3, -0.25) is 4.79 Å². The van der Waals surface area contributed by atoms with E-state index in [4.69, 9.17) is 9.26 Å². The van der Waals surface area contributed by atoms with E-state index >= 15 is 0 Å². The summed E-state index contributed by atoms with van der Waals surface area (Å²) in [7, 11) is -3.32. The standard InChI is InChI=1S/C19H22N4O5S/c1-12-4-6-20-18(21-12)27-9-14-5-7-29(25,26)19(14)10-23(11-19)17(24)15-8-16(28-22-15)13-2-3-13/h4,6,8,13-14H,2-3,5,7,9-11H2,1H3/t14-/m1/s1. The van der Waals surface area contributed by atoms with Crippen LogP contribution in [0.4, 0.5) is 0 Å². The van der Waals surface area contributed by atoms with Gasteiger partial charge in [-0.15, -0.1) is 0 Å². The molecule has 0 unspecified atom stereocenters. The number of amides is 1. The van der Waals surface area contributed by atoms with Crippen LogP contribution in [0.2, 0.25) is 0 Å². The second-order valence-corrected chi connectivity index (χ2v) is 10.7. The topological polar surface area (TPSA) is 115 Å². The summed E-state index contributed by atoms with van der Waals surface area (Å²) in [5, 5.41) is 3.88. The van der Waals surface area contributed by atoms with Crippen LogP contribution in [-0.4, -0.2) is 64.5 Å². The third-order valence-corrected chi connectivity index (χ3v) is 8.82. The van der Waals surface area contributed by atoms with Gasteiger partial charge >= 0.3 is 6.01 Å². The summed E-state index contributed by atoms with van der Waals surface area (Å²) in [5.74, 6) is 0.719. The Balaban J connectivity index is 1.28. The lowest BCUT2D eigenvalue weighted by Crippen LogP contribution is -2.69. The number of rotatable bonds is 5. The number of hydrogen-bond donors (Lipinski definition) is 0. The van der Waals surface area contributed by atoms with Gasteiger partial charge in [-0.25, -0.2) is 18.4 Å². The van der Waals surface area contributed by atoms with Crippen LogP contribution in [0, 0.1) is 12.8 Å². The van der Waals surface area contributed by atoms with Crippen molar-refractivity contribution in [1.29, 1.82) is 0 Å². The molecule has 0 radical (unpaired) electrons. The van der Waals surface area contributed by atoms with Crippen molar-refractivity contribution in [3.63, 3.8) is 0 Å². The van der Waals surface area contributed by atoms with Crippen LogP contribution >= 0.6 is 0 Å². The molecule has 2 aliphatic heterocycles. The zero-order valence-corrected chi connectivity index (χ0v) is 16.9. The number of carbonyl (C=O) groups excluding carboxylic acids is 1. The van der Waals surface area contributed by atoms with E-state index in [0.29, 0.717) is 12.3 Å². The molecule has 0 aromatic carbocycles. The third kappa shape index (κ3) is 3.09. The lowest BCUT2D eigenvalue weighted by Gasteiger charge is -2.49. The Kier molecular flexibility index (Phi) is 4.16. The molecule has 2 saturated heterocycles. The molecule has 0 N–H and O–H groups in total. The Morgan fingerprint density at radius 2 is 2.14 bits per heavy atom. The molecule has 1 saturated carbocycles. The maximum absolute atomic E-state index is 12.8. The van der Waals surface area contributed by atoms with E-state index in [-0.39, 0.29) is 49.0 Å². The quantitative estimate of drug-likeness (QED) is 0.715. The van der Waals surface area contributed by atoms with E-state index < -0.39 is 14.6 Å². The number of nitrogens with zero attached hydrogens (tertiary/aromatic N) is 4. The minimum atomic E-state index is -3.32. The van der Waals surface area contributed by atoms with Crippen molar-refractivity contribution in [2.45, 2.75) is 36.9 Å². The molecule has 29 heavy (non-hydrogen) atoms. The van der Waals surface area contributed by atoms with E-state index in [9.17, 15) is 13.2 Å². The highest BCUT2D eigenvalue weighted by molar-refractivity contribution is 7.93. The van der Waals surface area contributed by atoms with Crippen molar-refractivity contribution in [2.24, 2.45) is 5.92 Å². The Morgan fingerprint density at radius 1 is 1.34 bits per heavy atom. The van der Waals surface area contributed by atoms with Crippen molar-refractivity contribution in [3.8, 4) is 6.01 Å². The molecule has 1 atom stereocenters. The van der Waals surface area contributed by atoms with Crippen LogP contribution in [0.1, 0.15) is 47.1 Å². The molecule has 3 fully saturated rings. The van der Waals surface area contributed by atoms with E-state index in [1.54, 1.807) is 18.3 Å². The molecule has 10 heteroatoms. The Hall–Kier alpha value is -2.49. The number of carbonyl (C=O) groups is 1. The van der Waals surface area contributed by atoms with Gasteiger partial charge in [-0.05, 0) is 32.3 Å². The highest BCUT2D eigenvalue weighted by Crippen LogP contribution is 2.45. The largest absolute Gasteiger partial charge is 0.463 e. The van der Waals surface area contributed by atoms with Gasteiger partial charge in [0.25, 0.3) is 5.91 Å². The number of aryl methyl sites for hydroxylation is 1. The zero-order chi connectivity index (χ0) is 20.2. The molecular weight excluding hydrogens is 396 g/mol. The second kappa shape index (κ2) is 6.51. The summed E-state index contributed by atoms with van der Waals surface area (Å²) in [4.78, 5) is 22.5. The van der Waals surface area contributed by atoms with Gasteiger partial charge in [0.15, 0.2) is 15.5 Å². The van der Waals surface area contributed by atoms with Crippen LogP contribution < -0.4 is 4.74 Å². The summed E-state index contributed by atoms with van der Waals surface area (Å²) >= 11 is 0. The van der Waals surface area contributed by atoms with Crippen molar-refractivity contribution in [3.05, 3.63) is 35.5 Å². The predicted octanol–water partition coefficient (Wildman–Crippen LogP) is 1.36. The Bertz CT molecular complexity index is 1060. The molecule has 1 spiro atoms. The summed E-state index contributed by atoms with van der Waals surface area (Å²) in [6.07, 6.45) is 4.23. The van der Waals surface area contributed by atoms with Crippen molar-refractivity contribution in [2.75, 3.05) is 25.4 Å². The molecule has 2 aromatic heterocycles. The van der Waals surface area contributed by atoms with Crippen molar-refractivity contribution >= 4 is 15.7 Å². The minimum absolute atomic E-state index is 0.105. The fourth-order valence-corrected chi connectivity index (χ4v) is 6.63. The first-order valence-electron chi connectivity index (χ1n) is 9.79. The summed E-state index contributed by atoms with van der Waals surface area (Å²) in [6.45, 7) is 2.36. The molecule has 4 heterocycles. The van der Waals surface area contributed by atoms with E-state index in [2.05, 4.69) is 15.1 Å². The summed E-state index contributed by atoms with van der Waals surface area (Å²) < 4.78 is 35.6. The highest BCUT2D eigenvalue weighted by Gasteiger charge is 2.63. The number of likely N-dealkylation sites (tertiary alicyclic amines) is 1. The fraction of sp³-hybridized carbons (Fsp3) is 0.579. The fourth-order valence-electron chi connectivity index (χ4n) is 4.23. The van der Waals surface area contributed by atoms with Gasteiger partial charge in [-0.2, -0.15) is 0 Å². The maximum Gasteiger partial charge on any atom is 0.316 e. The number of sulfone groups is 1. The molecule has 5 rings (SSSR count). The average Bonchev–Trinajstić information content (AvgIpc) is 3.31. The molecule has 1 aliphatic carbocycles. The van der Waals surface area contributed by atoms with Crippen LogP contribution in [-0.2, 0) is 9.84 Å². The van der Waals surface area contributed by atoms with Crippen LogP contribution in [0.5, 0.6) is 6.01 Å². The van der Waals surface area contributed by atoms with Crippen LogP contribution in [0.25, 0.3) is 0 Å². The van der Waals surface area contributed by atoms with Gasteiger partial charge in [0.05, 0.1) is 12.4 Å². The number of aromatic nitrogens is 3. The average molecular weight is 418 g/mol. The van der Waals surface area contributed by atoms with Gasteiger partial charge in [-0.1, -0.05) is 5.16 Å². The summed E-state index contributed by atoms with van der Waals surface area (Å²) in [6, 6.07) is 3.69. The molecule has 3 aliphatic rings. The zero-order valence-electron chi connectivity index (χ0n) is 16.1. The van der Waals surface area contributed by atoms with E-state index in [0.717, 1.165) is 24.3 Å². The molecule has 154 valence electrons. The smallest absolute Gasteiger partial charge is 0.316 e. The summed E-state index contributed by atoms with van der Waals surface area (Å²) in [5.41, 5.74) is 1.03. The third-order valence-electron chi connectivity index (χ3n) is 6.22. The first-order chi connectivity index (χ1) is 13.9. The molecule has 2 aromatic rings. The van der Waals surface area contributed by atoms with Crippen LogP contribution in [0.15, 0.2) is 22.9 Å². The van der Waals surface area contributed by atoms with Crippen molar-refractivity contribution in [1.82, 2.24) is 20.0 Å². The molecule has 9 nitrogen and oxygen atoms in total. The first kappa shape index (κ1) is 18.5. The van der Waals surface area contributed by atoms with Gasteiger partial charge < -0.3 is 14.2 Å². The van der Waals surface area contributed by atoms with Crippen LogP contribution in [0.3, 0.4) is 0 Å². The molecule has 0 bridgehead atoms. The molecule has 1 amide bonds. The second-order valence-electron chi connectivity index (χ2n) is 8.21. The van der Waals surface area contributed by atoms with Gasteiger partial charge in [0.2, 0.25) is 0 Å². The lowest BCUT2D eigenvalue weighted by atomic mass is 9.83. The van der Waals surface area contributed by atoms with Crippen molar-refractivity contribution < 1.29 is 22.5 Å². The number of ether oxygens (including phenoxy) is 1. The highest BCUT2D eigenvalue weighted by atomic mass is 32.2.